The molecule has 2 aromatic rings. The largest absolute Gasteiger partial charge is 0.391 e. The van der Waals surface area contributed by atoms with Gasteiger partial charge < -0.3 is 10.0 Å². The Morgan fingerprint density at radius 1 is 1.40 bits per heavy atom. The fraction of sp³-hybridized carbons (Fsp3) is 0.286. The van der Waals surface area contributed by atoms with E-state index >= 15 is 0 Å². The van der Waals surface area contributed by atoms with Gasteiger partial charge in [-0.25, -0.2) is 4.68 Å². The molecule has 1 aliphatic heterocycles. The van der Waals surface area contributed by atoms with Gasteiger partial charge in [-0.3, -0.25) is 4.79 Å². The van der Waals surface area contributed by atoms with Crippen molar-refractivity contribution in [2.24, 2.45) is 0 Å². The minimum atomic E-state index is -0.411. The second-order valence-electron chi connectivity index (χ2n) is 4.82. The van der Waals surface area contributed by atoms with Crippen molar-refractivity contribution in [2.45, 2.75) is 12.5 Å². The SMILES string of the molecule is O=C(c1ccn(-c2cccc(Br)c2)n1)N1CC[C@@H](O)C1. The van der Waals surface area contributed by atoms with Crippen LogP contribution < -0.4 is 0 Å². The lowest BCUT2D eigenvalue weighted by Gasteiger charge is -2.13. The number of aliphatic hydroxyl groups excluding tert-OH is 1. The summed E-state index contributed by atoms with van der Waals surface area (Å²) >= 11 is 3.41. The van der Waals surface area contributed by atoms with Crippen LogP contribution in [0.1, 0.15) is 16.9 Å². The Morgan fingerprint density at radius 2 is 2.25 bits per heavy atom. The molecule has 1 fully saturated rings. The summed E-state index contributed by atoms with van der Waals surface area (Å²) in [6, 6.07) is 9.41. The van der Waals surface area contributed by atoms with Gasteiger partial charge in [-0.15, -0.1) is 0 Å². The van der Waals surface area contributed by atoms with Gasteiger partial charge >= 0.3 is 0 Å². The molecule has 0 saturated carbocycles. The molecule has 1 amide bonds. The first kappa shape index (κ1) is 13.3. The normalized spacial score (nSPS) is 18.5. The van der Waals surface area contributed by atoms with Crippen LogP contribution in [0.4, 0.5) is 0 Å². The van der Waals surface area contributed by atoms with E-state index in [4.69, 9.17) is 0 Å². The molecular formula is C14H14BrN3O2. The molecular weight excluding hydrogens is 322 g/mol. The van der Waals surface area contributed by atoms with Crippen LogP contribution in [0.5, 0.6) is 0 Å². The van der Waals surface area contributed by atoms with E-state index in [1.807, 2.05) is 24.3 Å². The van der Waals surface area contributed by atoms with Crippen molar-refractivity contribution in [3.8, 4) is 5.69 Å². The number of nitrogens with zero attached hydrogens (tertiary/aromatic N) is 3. The minimum Gasteiger partial charge on any atom is -0.391 e. The molecule has 0 radical (unpaired) electrons. The van der Waals surface area contributed by atoms with E-state index in [2.05, 4.69) is 21.0 Å². The van der Waals surface area contributed by atoms with Gasteiger partial charge in [0.1, 0.15) is 0 Å². The Balaban J connectivity index is 1.81. The molecule has 0 spiro atoms. The van der Waals surface area contributed by atoms with Crippen molar-refractivity contribution < 1.29 is 9.90 Å². The molecule has 1 saturated heterocycles. The Labute approximate surface area is 124 Å². The number of carbonyl (C=O) groups is 1. The van der Waals surface area contributed by atoms with Crippen molar-refractivity contribution in [3.63, 3.8) is 0 Å². The first-order valence-electron chi connectivity index (χ1n) is 6.42. The number of likely N-dealkylation sites (tertiary alicyclic amines) is 1. The van der Waals surface area contributed by atoms with Crippen LogP contribution in [-0.4, -0.2) is 44.9 Å². The third kappa shape index (κ3) is 2.62. The molecule has 6 heteroatoms. The lowest BCUT2D eigenvalue weighted by molar-refractivity contribution is 0.0759. The first-order chi connectivity index (χ1) is 9.63. The summed E-state index contributed by atoms with van der Waals surface area (Å²) in [5, 5.41) is 13.8. The lowest BCUT2D eigenvalue weighted by atomic mass is 10.3. The Bertz CT molecular complexity index is 641. The van der Waals surface area contributed by atoms with E-state index in [0.717, 1.165) is 10.2 Å². The number of rotatable bonds is 2. The molecule has 0 aliphatic carbocycles. The zero-order valence-corrected chi connectivity index (χ0v) is 12.3. The molecule has 104 valence electrons. The molecule has 2 heterocycles. The molecule has 1 aromatic heterocycles. The van der Waals surface area contributed by atoms with Gasteiger partial charge in [0.25, 0.3) is 5.91 Å². The second-order valence-corrected chi connectivity index (χ2v) is 5.73. The van der Waals surface area contributed by atoms with Gasteiger partial charge in [0.05, 0.1) is 11.8 Å². The number of amides is 1. The van der Waals surface area contributed by atoms with E-state index in [1.54, 1.807) is 21.8 Å². The van der Waals surface area contributed by atoms with Gasteiger partial charge in [0, 0.05) is 23.8 Å². The summed E-state index contributed by atoms with van der Waals surface area (Å²) < 4.78 is 2.63. The highest BCUT2D eigenvalue weighted by Gasteiger charge is 2.26. The standard InChI is InChI=1S/C14H14BrN3O2/c15-10-2-1-3-11(8-10)18-7-5-13(16-18)14(20)17-6-4-12(19)9-17/h1-3,5,7-8,12,19H,4,6,9H2/t12-/m1/s1. The predicted octanol–water partition coefficient (Wildman–Crippen LogP) is 1.84. The summed E-state index contributed by atoms with van der Waals surface area (Å²) in [5.41, 5.74) is 1.29. The van der Waals surface area contributed by atoms with E-state index < -0.39 is 6.10 Å². The topological polar surface area (TPSA) is 58.4 Å². The van der Waals surface area contributed by atoms with Crippen LogP contribution in [0.2, 0.25) is 0 Å². The van der Waals surface area contributed by atoms with Gasteiger partial charge in [-0.2, -0.15) is 5.10 Å². The van der Waals surface area contributed by atoms with Crippen LogP contribution in [-0.2, 0) is 0 Å². The molecule has 20 heavy (non-hydrogen) atoms. The van der Waals surface area contributed by atoms with Gasteiger partial charge in [0.2, 0.25) is 0 Å². The number of carbonyl (C=O) groups excluding carboxylic acids is 1. The van der Waals surface area contributed by atoms with E-state index in [1.165, 1.54) is 0 Å². The zero-order chi connectivity index (χ0) is 14.1. The van der Waals surface area contributed by atoms with Crippen LogP contribution >= 0.6 is 15.9 Å². The molecule has 1 aromatic carbocycles. The zero-order valence-electron chi connectivity index (χ0n) is 10.7. The Morgan fingerprint density at radius 3 is 2.95 bits per heavy atom. The van der Waals surface area contributed by atoms with Crippen molar-refractivity contribution in [3.05, 3.63) is 46.7 Å². The van der Waals surface area contributed by atoms with Crippen molar-refractivity contribution >= 4 is 21.8 Å². The van der Waals surface area contributed by atoms with E-state index in [0.29, 0.717) is 25.2 Å². The number of hydrogen-bond donors (Lipinski definition) is 1. The Kier molecular flexibility index (Phi) is 3.58. The smallest absolute Gasteiger partial charge is 0.274 e. The van der Waals surface area contributed by atoms with Crippen molar-refractivity contribution in [1.29, 1.82) is 0 Å². The molecule has 0 unspecified atom stereocenters. The summed E-state index contributed by atoms with van der Waals surface area (Å²) in [4.78, 5) is 13.9. The maximum absolute atomic E-state index is 12.2. The second kappa shape index (κ2) is 5.38. The van der Waals surface area contributed by atoms with Crippen molar-refractivity contribution in [1.82, 2.24) is 14.7 Å². The average molecular weight is 336 g/mol. The summed E-state index contributed by atoms with van der Waals surface area (Å²) in [6.45, 7) is 0.978. The number of benzene rings is 1. The van der Waals surface area contributed by atoms with E-state index in [-0.39, 0.29) is 5.91 Å². The highest BCUT2D eigenvalue weighted by molar-refractivity contribution is 9.10. The quantitative estimate of drug-likeness (QED) is 0.911. The highest BCUT2D eigenvalue weighted by atomic mass is 79.9. The molecule has 0 bridgehead atoms. The molecule has 1 atom stereocenters. The number of β-amino-alcohol motifs (C(OH)–C–C–N with tert-alkyl or cyclic N) is 1. The minimum absolute atomic E-state index is 0.129. The summed E-state index contributed by atoms with van der Waals surface area (Å²) in [5.74, 6) is -0.129. The number of halogens is 1. The maximum atomic E-state index is 12.2. The average Bonchev–Trinajstić information content (AvgIpc) is 3.07. The van der Waals surface area contributed by atoms with Crippen molar-refractivity contribution in [2.75, 3.05) is 13.1 Å². The summed E-state index contributed by atoms with van der Waals surface area (Å²) in [6.07, 6.45) is 1.99. The number of aliphatic hydroxyl groups is 1. The monoisotopic (exact) mass is 335 g/mol. The highest BCUT2D eigenvalue weighted by Crippen LogP contribution is 2.16. The maximum Gasteiger partial charge on any atom is 0.274 e. The summed E-state index contributed by atoms with van der Waals surface area (Å²) in [7, 11) is 0. The van der Waals surface area contributed by atoms with Crippen LogP contribution in [0.15, 0.2) is 41.0 Å². The predicted molar refractivity (Wildman–Crippen MR) is 77.8 cm³/mol. The van der Waals surface area contributed by atoms with Gasteiger partial charge in [0.15, 0.2) is 5.69 Å². The van der Waals surface area contributed by atoms with Gasteiger partial charge in [-0.05, 0) is 30.7 Å². The fourth-order valence-corrected chi connectivity index (χ4v) is 2.68. The molecule has 3 rings (SSSR count). The molecule has 1 aliphatic rings. The third-order valence-corrected chi connectivity index (χ3v) is 3.82. The van der Waals surface area contributed by atoms with E-state index in [9.17, 15) is 9.90 Å². The molecule has 1 N–H and O–H groups in total. The van der Waals surface area contributed by atoms with Gasteiger partial charge in [-0.1, -0.05) is 22.0 Å². The Hall–Kier alpha value is -1.66. The molecule has 5 nitrogen and oxygen atoms in total. The number of hydrogen-bond acceptors (Lipinski definition) is 3. The number of aromatic nitrogens is 2. The first-order valence-corrected chi connectivity index (χ1v) is 7.22. The lowest BCUT2D eigenvalue weighted by Crippen LogP contribution is -2.29. The van der Waals surface area contributed by atoms with Crippen LogP contribution in [0.3, 0.4) is 0 Å². The third-order valence-electron chi connectivity index (χ3n) is 3.33. The van der Waals surface area contributed by atoms with Crippen LogP contribution in [0.25, 0.3) is 5.69 Å². The van der Waals surface area contributed by atoms with Crippen LogP contribution in [0, 0.1) is 0 Å². The fourth-order valence-electron chi connectivity index (χ4n) is 2.29.